The van der Waals surface area contributed by atoms with Crippen LogP contribution in [0.25, 0.3) is 0 Å². The lowest BCUT2D eigenvalue weighted by Crippen LogP contribution is -2.47. The smallest absolute Gasteiger partial charge is 0.232 e. The van der Waals surface area contributed by atoms with Gasteiger partial charge in [0, 0.05) is 43.4 Å². The van der Waals surface area contributed by atoms with Crippen LogP contribution in [-0.2, 0) is 0 Å². The summed E-state index contributed by atoms with van der Waals surface area (Å²) in [6, 6.07) is 12.5. The summed E-state index contributed by atoms with van der Waals surface area (Å²) in [5.74, 6) is 2.97. The average Bonchev–Trinajstić information content (AvgIpc) is 2.77. The second-order valence-corrected chi connectivity index (χ2v) is 8.23. The number of nitrogens with zero attached hydrogens (tertiary/aromatic N) is 5. The monoisotopic (exact) mass is 474 g/mol. The highest BCUT2D eigenvalue weighted by molar-refractivity contribution is 6.35. The predicted octanol–water partition coefficient (Wildman–Crippen LogP) is 4.14. The second-order valence-electron chi connectivity index (χ2n) is 7.38. The minimum absolute atomic E-state index is 0.176. The number of halogens is 2. The van der Waals surface area contributed by atoms with Crippen LogP contribution in [0.4, 0.5) is 17.6 Å². The van der Waals surface area contributed by atoms with E-state index in [4.69, 9.17) is 33.0 Å². The normalized spacial score (nSPS) is 14.4. The molecule has 1 aliphatic heterocycles. The molecule has 10 heteroatoms. The Balaban J connectivity index is 1.41. The first-order valence-electron chi connectivity index (χ1n) is 10.3. The SMILES string of the molecule is Cc1nc(Nc2ccc(Oc3ccc(Cl)cc3Cl)cc2)nc(N2CCN(CCO)CC2)n1. The molecule has 168 valence electrons. The number of aliphatic hydroxyl groups excluding tert-OH is 1. The summed E-state index contributed by atoms with van der Waals surface area (Å²) in [7, 11) is 0. The molecule has 0 amide bonds. The van der Waals surface area contributed by atoms with Crippen LogP contribution in [0.2, 0.25) is 10.0 Å². The molecule has 1 fully saturated rings. The van der Waals surface area contributed by atoms with E-state index >= 15 is 0 Å². The maximum absolute atomic E-state index is 9.11. The summed E-state index contributed by atoms with van der Waals surface area (Å²) in [5.41, 5.74) is 0.823. The first kappa shape index (κ1) is 22.5. The van der Waals surface area contributed by atoms with Crippen molar-refractivity contribution >= 4 is 40.8 Å². The largest absolute Gasteiger partial charge is 0.456 e. The Morgan fingerprint density at radius 3 is 2.44 bits per heavy atom. The summed E-state index contributed by atoms with van der Waals surface area (Å²) in [5, 5.41) is 13.3. The summed E-state index contributed by atoms with van der Waals surface area (Å²) in [4.78, 5) is 17.9. The van der Waals surface area contributed by atoms with Crippen molar-refractivity contribution < 1.29 is 9.84 Å². The van der Waals surface area contributed by atoms with E-state index in [1.807, 2.05) is 31.2 Å². The Labute approximate surface area is 196 Å². The number of hydrogen-bond donors (Lipinski definition) is 2. The molecule has 32 heavy (non-hydrogen) atoms. The van der Waals surface area contributed by atoms with E-state index < -0.39 is 0 Å². The molecule has 2 aromatic carbocycles. The van der Waals surface area contributed by atoms with E-state index in [0.717, 1.165) is 31.9 Å². The zero-order chi connectivity index (χ0) is 22.5. The van der Waals surface area contributed by atoms with Gasteiger partial charge in [0.2, 0.25) is 11.9 Å². The van der Waals surface area contributed by atoms with Crippen LogP contribution in [-0.4, -0.2) is 64.3 Å². The third kappa shape index (κ3) is 5.77. The molecule has 0 unspecified atom stereocenters. The number of β-amino-alcohol motifs (C(OH)–C–C–N with tert-alkyl or cyclic N) is 1. The summed E-state index contributed by atoms with van der Waals surface area (Å²) < 4.78 is 5.83. The lowest BCUT2D eigenvalue weighted by atomic mass is 10.3. The Hall–Kier alpha value is -2.65. The number of aliphatic hydroxyl groups is 1. The standard InChI is InChI=1S/C22H24Cl2N6O2/c1-15-25-21(28-22(26-15)30-10-8-29(9-11-30)12-13-31)27-17-3-5-18(6-4-17)32-20-7-2-16(23)14-19(20)24/h2-7,14,31H,8-13H2,1H3,(H,25,26,27,28). The highest BCUT2D eigenvalue weighted by atomic mass is 35.5. The topological polar surface area (TPSA) is 86.6 Å². The summed E-state index contributed by atoms with van der Waals surface area (Å²) in [6.07, 6.45) is 0. The van der Waals surface area contributed by atoms with Crippen LogP contribution in [0.1, 0.15) is 5.82 Å². The molecule has 2 heterocycles. The van der Waals surface area contributed by atoms with Crippen molar-refractivity contribution in [3.05, 3.63) is 58.3 Å². The maximum Gasteiger partial charge on any atom is 0.232 e. The molecule has 3 aromatic rings. The van der Waals surface area contributed by atoms with Crippen molar-refractivity contribution in [3.63, 3.8) is 0 Å². The maximum atomic E-state index is 9.11. The number of benzene rings is 2. The molecule has 8 nitrogen and oxygen atoms in total. The van der Waals surface area contributed by atoms with Crippen molar-refractivity contribution in [1.29, 1.82) is 0 Å². The molecule has 1 aliphatic rings. The number of aryl methyl sites for hydroxylation is 1. The van der Waals surface area contributed by atoms with Gasteiger partial charge in [0.05, 0.1) is 11.6 Å². The molecule has 2 N–H and O–H groups in total. The quantitative estimate of drug-likeness (QED) is 0.528. The van der Waals surface area contributed by atoms with Crippen LogP contribution < -0.4 is 15.0 Å². The Morgan fingerprint density at radius 1 is 1.00 bits per heavy atom. The van der Waals surface area contributed by atoms with Crippen LogP contribution in [0.3, 0.4) is 0 Å². The highest BCUT2D eigenvalue weighted by Gasteiger charge is 2.19. The van der Waals surface area contributed by atoms with Crippen LogP contribution in [0.5, 0.6) is 11.5 Å². The fourth-order valence-corrected chi connectivity index (χ4v) is 3.85. The van der Waals surface area contributed by atoms with E-state index in [1.54, 1.807) is 18.2 Å². The van der Waals surface area contributed by atoms with Gasteiger partial charge in [0.25, 0.3) is 0 Å². The van der Waals surface area contributed by atoms with Gasteiger partial charge in [-0.3, -0.25) is 4.90 Å². The Bertz CT molecular complexity index is 1060. The number of ether oxygens (including phenoxy) is 1. The van der Waals surface area contributed by atoms with Gasteiger partial charge in [-0.05, 0) is 49.4 Å². The third-order valence-electron chi connectivity index (χ3n) is 5.04. The van der Waals surface area contributed by atoms with Gasteiger partial charge in [0.1, 0.15) is 17.3 Å². The summed E-state index contributed by atoms with van der Waals surface area (Å²) in [6.45, 7) is 6.08. The van der Waals surface area contributed by atoms with Gasteiger partial charge in [-0.15, -0.1) is 0 Å². The van der Waals surface area contributed by atoms with Crippen LogP contribution >= 0.6 is 23.2 Å². The molecule has 0 bridgehead atoms. The predicted molar refractivity (Wildman–Crippen MR) is 127 cm³/mol. The van der Waals surface area contributed by atoms with Gasteiger partial charge < -0.3 is 20.1 Å². The number of piperazine rings is 1. The molecular weight excluding hydrogens is 451 g/mol. The van der Waals surface area contributed by atoms with Gasteiger partial charge in [-0.2, -0.15) is 15.0 Å². The molecule has 0 atom stereocenters. The van der Waals surface area contributed by atoms with Gasteiger partial charge >= 0.3 is 0 Å². The van der Waals surface area contributed by atoms with E-state index in [0.29, 0.717) is 45.8 Å². The molecule has 0 radical (unpaired) electrons. The minimum atomic E-state index is 0.176. The Morgan fingerprint density at radius 2 is 1.75 bits per heavy atom. The number of aromatic nitrogens is 3. The number of hydrogen-bond acceptors (Lipinski definition) is 8. The second kappa shape index (κ2) is 10.3. The minimum Gasteiger partial charge on any atom is -0.456 e. The Kier molecular flexibility index (Phi) is 7.26. The average molecular weight is 475 g/mol. The van der Waals surface area contributed by atoms with Crippen LogP contribution in [0.15, 0.2) is 42.5 Å². The van der Waals surface area contributed by atoms with Crippen LogP contribution in [0, 0.1) is 6.92 Å². The molecular formula is C22H24Cl2N6O2. The molecule has 1 saturated heterocycles. The first-order valence-corrected chi connectivity index (χ1v) is 11.1. The number of nitrogens with one attached hydrogen (secondary N) is 1. The molecule has 0 aliphatic carbocycles. The summed E-state index contributed by atoms with van der Waals surface area (Å²) >= 11 is 12.1. The van der Waals surface area contributed by atoms with Crippen molar-refractivity contribution in [2.24, 2.45) is 0 Å². The van der Waals surface area contributed by atoms with Gasteiger partial charge in [0.15, 0.2) is 0 Å². The lowest BCUT2D eigenvalue weighted by Gasteiger charge is -2.34. The van der Waals surface area contributed by atoms with E-state index in [-0.39, 0.29) is 6.61 Å². The first-order chi connectivity index (χ1) is 15.5. The lowest BCUT2D eigenvalue weighted by molar-refractivity contribution is 0.188. The van der Waals surface area contributed by atoms with E-state index in [1.165, 1.54) is 0 Å². The highest BCUT2D eigenvalue weighted by Crippen LogP contribution is 2.32. The zero-order valence-corrected chi connectivity index (χ0v) is 19.1. The van der Waals surface area contributed by atoms with Crippen molar-refractivity contribution in [2.75, 3.05) is 49.5 Å². The molecule has 4 rings (SSSR count). The van der Waals surface area contributed by atoms with E-state index in [9.17, 15) is 0 Å². The van der Waals surface area contributed by atoms with Gasteiger partial charge in [-0.1, -0.05) is 23.2 Å². The van der Waals surface area contributed by atoms with Crippen molar-refractivity contribution in [3.8, 4) is 11.5 Å². The van der Waals surface area contributed by atoms with Gasteiger partial charge in [-0.25, -0.2) is 0 Å². The number of rotatable bonds is 7. The molecule has 1 aromatic heterocycles. The number of anilines is 3. The zero-order valence-electron chi connectivity index (χ0n) is 17.6. The van der Waals surface area contributed by atoms with E-state index in [2.05, 4.69) is 30.1 Å². The van der Waals surface area contributed by atoms with Crippen molar-refractivity contribution in [2.45, 2.75) is 6.92 Å². The fourth-order valence-electron chi connectivity index (χ4n) is 3.40. The molecule has 0 saturated carbocycles. The molecule has 0 spiro atoms. The fraction of sp³-hybridized carbons (Fsp3) is 0.318. The van der Waals surface area contributed by atoms with Crippen molar-refractivity contribution in [1.82, 2.24) is 19.9 Å². The third-order valence-corrected chi connectivity index (χ3v) is 5.57.